The number of benzene rings is 1. The Hall–Kier alpha value is -3.20. The summed E-state index contributed by atoms with van der Waals surface area (Å²) in [4.78, 5) is 36.3. The van der Waals surface area contributed by atoms with Crippen molar-refractivity contribution in [3.8, 4) is 5.75 Å². The second-order valence-electron chi connectivity index (χ2n) is 6.11. The molecule has 0 bridgehead atoms. The first kappa shape index (κ1) is 20.1. The molecule has 9 nitrogen and oxygen atoms in total. The summed E-state index contributed by atoms with van der Waals surface area (Å²) < 4.78 is 5.27. The van der Waals surface area contributed by atoms with Crippen LogP contribution in [0.2, 0.25) is 0 Å². The van der Waals surface area contributed by atoms with Gasteiger partial charge in [0.05, 0.1) is 19.0 Å². The number of likely N-dealkylation sites (N-methyl/N-ethyl adjacent to an activating group) is 2. The van der Waals surface area contributed by atoms with Gasteiger partial charge in [-0.3, -0.25) is 15.1 Å². The van der Waals surface area contributed by atoms with Gasteiger partial charge in [-0.2, -0.15) is 0 Å². The van der Waals surface area contributed by atoms with Gasteiger partial charge in [0, 0.05) is 38.1 Å². The molecule has 27 heavy (non-hydrogen) atoms. The molecule has 1 heterocycles. The van der Waals surface area contributed by atoms with Crippen molar-refractivity contribution in [3.63, 3.8) is 0 Å². The van der Waals surface area contributed by atoms with E-state index in [1.54, 1.807) is 30.1 Å². The van der Waals surface area contributed by atoms with Crippen LogP contribution < -0.4 is 15.4 Å². The Morgan fingerprint density at radius 2 is 1.89 bits per heavy atom. The average Bonchev–Trinajstić information content (AvgIpc) is 2.66. The third-order valence-corrected chi connectivity index (χ3v) is 3.73. The van der Waals surface area contributed by atoms with E-state index in [0.29, 0.717) is 29.4 Å². The van der Waals surface area contributed by atoms with Gasteiger partial charge < -0.3 is 19.9 Å². The van der Waals surface area contributed by atoms with E-state index < -0.39 is 6.03 Å². The first-order valence-corrected chi connectivity index (χ1v) is 8.33. The van der Waals surface area contributed by atoms with Crippen LogP contribution in [0.15, 0.2) is 36.8 Å². The van der Waals surface area contributed by atoms with Gasteiger partial charge in [-0.1, -0.05) is 0 Å². The van der Waals surface area contributed by atoms with Gasteiger partial charge in [-0.15, -0.1) is 0 Å². The van der Waals surface area contributed by atoms with Crippen molar-refractivity contribution in [2.24, 2.45) is 0 Å². The lowest BCUT2D eigenvalue weighted by Gasteiger charge is -2.20. The molecule has 0 spiro atoms. The van der Waals surface area contributed by atoms with Gasteiger partial charge in [-0.05, 0) is 32.3 Å². The predicted molar refractivity (Wildman–Crippen MR) is 103 cm³/mol. The molecule has 0 aliphatic carbocycles. The van der Waals surface area contributed by atoms with E-state index >= 15 is 0 Å². The summed E-state index contributed by atoms with van der Waals surface area (Å²) in [6.45, 7) is 1.35. The van der Waals surface area contributed by atoms with Gasteiger partial charge in [-0.25, -0.2) is 9.78 Å². The first-order valence-electron chi connectivity index (χ1n) is 8.33. The van der Waals surface area contributed by atoms with E-state index in [9.17, 15) is 9.59 Å². The summed E-state index contributed by atoms with van der Waals surface area (Å²) in [5.74, 6) is 0.610. The number of urea groups is 1. The van der Waals surface area contributed by atoms with Crippen LogP contribution in [0.5, 0.6) is 5.75 Å². The van der Waals surface area contributed by atoms with E-state index in [1.165, 1.54) is 25.7 Å². The maximum atomic E-state index is 12.6. The molecule has 0 atom stereocenters. The number of anilines is 2. The average molecular weight is 372 g/mol. The fourth-order valence-corrected chi connectivity index (χ4v) is 2.24. The number of hydrogen-bond donors (Lipinski definition) is 2. The molecule has 0 saturated heterocycles. The monoisotopic (exact) mass is 372 g/mol. The maximum absolute atomic E-state index is 12.6. The SMILES string of the molecule is COc1ccc(C(=O)N(C)CCN(C)C)cc1NC(=O)Nc1cnccn1. The van der Waals surface area contributed by atoms with Crippen LogP contribution >= 0.6 is 0 Å². The van der Waals surface area contributed by atoms with E-state index in [4.69, 9.17) is 4.74 Å². The number of nitrogens with one attached hydrogen (secondary N) is 2. The van der Waals surface area contributed by atoms with E-state index in [2.05, 4.69) is 20.6 Å². The van der Waals surface area contributed by atoms with Crippen LogP contribution in [-0.2, 0) is 0 Å². The van der Waals surface area contributed by atoms with Gasteiger partial charge in [0.25, 0.3) is 5.91 Å². The lowest BCUT2D eigenvalue weighted by atomic mass is 10.1. The smallest absolute Gasteiger partial charge is 0.324 e. The minimum atomic E-state index is -0.514. The minimum Gasteiger partial charge on any atom is -0.495 e. The Morgan fingerprint density at radius 1 is 1.11 bits per heavy atom. The highest BCUT2D eigenvalue weighted by Crippen LogP contribution is 2.26. The van der Waals surface area contributed by atoms with E-state index in [1.807, 2.05) is 19.0 Å². The zero-order chi connectivity index (χ0) is 19.8. The molecule has 0 aliphatic heterocycles. The second kappa shape index (κ2) is 9.48. The summed E-state index contributed by atoms with van der Waals surface area (Å²) in [7, 11) is 7.13. The number of aromatic nitrogens is 2. The number of methoxy groups -OCH3 is 1. The van der Waals surface area contributed by atoms with Crippen LogP contribution in [0.25, 0.3) is 0 Å². The highest BCUT2D eigenvalue weighted by molar-refractivity contribution is 6.02. The number of carbonyl (C=O) groups excluding carboxylic acids is 2. The van der Waals surface area contributed by atoms with Gasteiger partial charge in [0.1, 0.15) is 5.75 Å². The summed E-state index contributed by atoms with van der Waals surface area (Å²) in [6.07, 6.45) is 4.41. The topological polar surface area (TPSA) is 99.7 Å². The highest BCUT2D eigenvalue weighted by atomic mass is 16.5. The van der Waals surface area contributed by atoms with Crippen molar-refractivity contribution in [1.82, 2.24) is 19.8 Å². The Kier molecular flexibility index (Phi) is 7.07. The van der Waals surface area contributed by atoms with Crippen molar-refractivity contribution in [3.05, 3.63) is 42.4 Å². The summed E-state index contributed by atoms with van der Waals surface area (Å²) in [5.41, 5.74) is 0.831. The third kappa shape index (κ3) is 5.93. The molecule has 9 heteroatoms. The third-order valence-electron chi connectivity index (χ3n) is 3.73. The van der Waals surface area contributed by atoms with Crippen LogP contribution in [0.3, 0.4) is 0 Å². The summed E-state index contributed by atoms with van der Waals surface area (Å²) >= 11 is 0. The Bertz CT molecular complexity index is 782. The van der Waals surface area contributed by atoms with Crippen molar-refractivity contribution in [2.45, 2.75) is 0 Å². The number of nitrogens with zero attached hydrogens (tertiary/aromatic N) is 4. The maximum Gasteiger partial charge on any atom is 0.324 e. The molecule has 0 aliphatic rings. The van der Waals surface area contributed by atoms with Gasteiger partial charge in [0.15, 0.2) is 5.82 Å². The zero-order valence-electron chi connectivity index (χ0n) is 15.9. The lowest BCUT2D eigenvalue weighted by Crippen LogP contribution is -2.33. The number of hydrogen-bond acceptors (Lipinski definition) is 6. The highest BCUT2D eigenvalue weighted by Gasteiger charge is 2.16. The number of rotatable bonds is 7. The molecule has 2 rings (SSSR count). The van der Waals surface area contributed by atoms with Crippen LogP contribution in [-0.4, -0.2) is 73.0 Å². The summed E-state index contributed by atoms with van der Waals surface area (Å²) in [6, 6.07) is 4.38. The molecule has 1 aromatic carbocycles. The van der Waals surface area contributed by atoms with Crippen molar-refractivity contribution in [1.29, 1.82) is 0 Å². The fraction of sp³-hybridized carbons (Fsp3) is 0.333. The van der Waals surface area contributed by atoms with Gasteiger partial charge >= 0.3 is 6.03 Å². The quantitative estimate of drug-likeness (QED) is 0.768. The zero-order valence-corrected chi connectivity index (χ0v) is 15.9. The van der Waals surface area contributed by atoms with Crippen LogP contribution in [0.4, 0.5) is 16.3 Å². The Labute approximate surface area is 158 Å². The van der Waals surface area contributed by atoms with E-state index in [-0.39, 0.29) is 5.91 Å². The Morgan fingerprint density at radius 3 is 2.52 bits per heavy atom. The molecule has 0 unspecified atom stereocenters. The molecular formula is C18H24N6O3. The molecule has 144 valence electrons. The Balaban J connectivity index is 2.12. The van der Waals surface area contributed by atoms with E-state index in [0.717, 1.165) is 6.54 Å². The molecule has 1 aromatic heterocycles. The van der Waals surface area contributed by atoms with Crippen molar-refractivity contribution >= 4 is 23.4 Å². The van der Waals surface area contributed by atoms with Crippen molar-refractivity contribution in [2.75, 3.05) is 52.0 Å². The van der Waals surface area contributed by atoms with Crippen LogP contribution in [0.1, 0.15) is 10.4 Å². The van der Waals surface area contributed by atoms with Gasteiger partial charge in [0.2, 0.25) is 0 Å². The lowest BCUT2D eigenvalue weighted by molar-refractivity contribution is 0.0786. The standard InChI is InChI=1S/C18H24N6O3/c1-23(2)9-10-24(3)17(25)13-5-6-15(27-4)14(11-13)21-18(26)22-16-12-19-7-8-20-16/h5-8,11-12H,9-10H2,1-4H3,(H2,20,21,22,26). The molecule has 3 amide bonds. The molecule has 0 fully saturated rings. The number of carbonyl (C=O) groups is 2. The van der Waals surface area contributed by atoms with Crippen molar-refractivity contribution < 1.29 is 14.3 Å². The summed E-state index contributed by atoms with van der Waals surface area (Å²) in [5, 5.41) is 5.24. The first-order chi connectivity index (χ1) is 12.9. The molecule has 2 aromatic rings. The predicted octanol–water partition coefficient (Wildman–Crippen LogP) is 1.76. The normalized spacial score (nSPS) is 10.4. The molecular weight excluding hydrogens is 348 g/mol. The fourth-order valence-electron chi connectivity index (χ4n) is 2.24. The molecule has 0 radical (unpaired) electrons. The van der Waals surface area contributed by atoms with Crippen LogP contribution in [0, 0.1) is 0 Å². The minimum absolute atomic E-state index is 0.142. The number of ether oxygens (including phenoxy) is 1. The second-order valence-corrected chi connectivity index (χ2v) is 6.11. The number of amides is 3. The molecule has 2 N–H and O–H groups in total. The largest absolute Gasteiger partial charge is 0.495 e. The molecule has 0 saturated carbocycles.